The molecule has 0 heterocycles. The lowest BCUT2D eigenvalue weighted by Gasteiger charge is -2.34. The van der Waals surface area contributed by atoms with Crippen LogP contribution in [0.15, 0.2) is 30.3 Å². The van der Waals surface area contributed by atoms with E-state index in [0.717, 1.165) is 19.0 Å². The molecular weight excluding hydrogens is 206 g/mol. The van der Waals surface area contributed by atoms with E-state index in [4.69, 9.17) is 0 Å². The second-order valence-electron chi connectivity index (χ2n) is 6.13. The van der Waals surface area contributed by atoms with E-state index in [1.54, 1.807) is 0 Å². The maximum atomic E-state index is 3.71. The summed E-state index contributed by atoms with van der Waals surface area (Å²) in [5.74, 6) is 0. The summed E-state index contributed by atoms with van der Waals surface area (Å²) in [5, 5.41) is 3.71. The Bertz CT molecular complexity index is 319. The van der Waals surface area contributed by atoms with Crippen molar-refractivity contribution < 1.29 is 0 Å². The van der Waals surface area contributed by atoms with Crippen molar-refractivity contribution in [3.8, 4) is 0 Å². The van der Waals surface area contributed by atoms with Gasteiger partial charge in [-0.05, 0) is 49.6 Å². The Hall–Kier alpha value is -0.820. The fourth-order valence-electron chi connectivity index (χ4n) is 2.67. The molecule has 1 fully saturated rings. The molecule has 0 atom stereocenters. The van der Waals surface area contributed by atoms with E-state index in [-0.39, 0.29) is 0 Å². The van der Waals surface area contributed by atoms with Gasteiger partial charge in [-0.3, -0.25) is 0 Å². The van der Waals surface area contributed by atoms with Crippen molar-refractivity contribution >= 4 is 0 Å². The van der Waals surface area contributed by atoms with Crippen molar-refractivity contribution in [3.05, 3.63) is 35.9 Å². The van der Waals surface area contributed by atoms with Gasteiger partial charge in [0.2, 0.25) is 0 Å². The minimum absolute atomic E-state index is 0.581. The van der Waals surface area contributed by atoms with E-state index in [1.165, 1.54) is 31.2 Å². The summed E-state index contributed by atoms with van der Waals surface area (Å²) in [6.45, 7) is 5.91. The third kappa shape index (κ3) is 4.16. The Morgan fingerprint density at radius 1 is 1.12 bits per heavy atom. The molecule has 94 valence electrons. The molecule has 2 rings (SSSR count). The molecule has 0 aliphatic heterocycles. The Morgan fingerprint density at radius 3 is 2.41 bits per heavy atom. The molecule has 0 aromatic heterocycles. The molecule has 1 aliphatic carbocycles. The van der Waals surface area contributed by atoms with Gasteiger partial charge >= 0.3 is 0 Å². The molecular formula is C16H25N. The maximum absolute atomic E-state index is 3.71. The molecule has 0 amide bonds. The lowest BCUT2D eigenvalue weighted by Crippen LogP contribution is -2.36. The first kappa shape index (κ1) is 12.6. The smallest absolute Gasteiger partial charge is 0.00675 e. The van der Waals surface area contributed by atoms with Crippen LogP contribution in [0.2, 0.25) is 0 Å². The summed E-state index contributed by atoms with van der Waals surface area (Å²) in [5.41, 5.74) is 2.02. The first-order valence-electron chi connectivity index (χ1n) is 6.93. The molecule has 1 aromatic rings. The average molecular weight is 231 g/mol. The van der Waals surface area contributed by atoms with E-state index in [2.05, 4.69) is 49.5 Å². The Balaban J connectivity index is 1.67. The van der Waals surface area contributed by atoms with Crippen LogP contribution in [0.25, 0.3) is 0 Å². The summed E-state index contributed by atoms with van der Waals surface area (Å²) in [6, 6.07) is 11.5. The van der Waals surface area contributed by atoms with Crippen molar-refractivity contribution in [1.29, 1.82) is 0 Å². The molecule has 17 heavy (non-hydrogen) atoms. The highest BCUT2D eigenvalue weighted by atomic mass is 14.9. The number of benzene rings is 1. The van der Waals surface area contributed by atoms with Crippen molar-refractivity contribution in [2.24, 2.45) is 5.41 Å². The van der Waals surface area contributed by atoms with Crippen LogP contribution >= 0.6 is 0 Å². The summed E-state index contributed by atoms with van der Waals surface area (Å²) < 4.78 is 0. The molecule has 1 heteroatoms. The van der Waals surface area contributed by atoms with Gasteiger partial charge in [-0.25, -0.2) is 0 Å². The van der Waals surface area contributed by atoms with E-state index in [0.29, 0.717) is 5.41 Å². The third-order valence-corrected chi connectivity index (χ3v) is 4.03. The molecule has 1 aliphatic rings. The molecule has 1 N–H and O–H groups in total. The third-order valence-electron chi connectivity index (χ3n) is 4.03. The van der Waals surface area contributed by atoms with Gasteiger partial charge in [0.15, 0.2) is 0 Å². The predicted molar refractivity (Wildman–Crippen MR) is 74.2 cm³/mol. The van der Waals surface area contributed by atoms with E-state index < -0.39 is 0 Å². The normalized spacial score (nSPS) is 20.4. The van der Waals surface area contributed by atoms with Crippen molar-refractivity contribution in [2.75, 3.05) is 6.54 Å². The second kappa shape index (κ2) is 5.68. The summed E-state index contributed by atoms with van der Waals surface area (Å²) in [4.78, 5) is 0. The standard InChI is InChI=1S/C16H25N/c1-16(2)11-8-15(9-12-16)17-13-10-14-6-4-3-5-7-14/h3-7,15,17H,8-13H2,1-2H3. The van der Waals surface area contributed by atoms with Crippen LogP contribution in [0, 0.1) is 5.41 Å². The summed E-state index contributed by atoms with van der Waals surface area (Å²) in [6.07, 6.45) is 6.59. The van der Waals surface area contributed by atoms with Crippen LogP contribution in [-0.2, 0) is 6.42 Å². The van der Waals surface area contributed by atoms with Crippen molar-refractivity contribution in [3.63, 3.8) is 0 Å². The topological polar surface area (TPSA) is 12.0 Å². The van der Waals surface area contributed by atoms with Gasteiger partial charge < -0.3 is 5.32 Å². The van der Waals surface area contributed by atoms with Gasteiger partial charge in [-0.15, -0.1) is 0 Å². The van der Waals surface area contributed by atoms with Gasteiger partial charge in [-0.1, -0.05) is 44.2 Å². The monoisotopic (exact) mass is 231 g/mol. The largest absolute Gasteiger partial charge is 0.314 e. The molecule has 1 nitrogen and oxygen atoms in total. The van der Waals surface area contributed by atoms with Crippen LogP contribution in [0.4, 0.5) is 0 Å². The zero-order valence-corrected chi connectivity index (χ0v) is 11.2. The van der Waals surface area contributed by atoms with Crippen LogP contribution in [0.3, 0.4) is 0 Å². The molecule has 1 saturated carbocycles. The molecule has 0 bridgehead atoms. The molecule has 1 aromatic carbocycles. The SMILES string of the molecule is CC1(C)CCC(NCCc2ccccc2)CC1. The molecule has 0 unspecified atom stereocenters. The van der Waals surface area contributed by atoms with E-state index in [1.807, 2.05) is 0 Å². The zero-order valence-electron chi connectivity index (χ0n) is 11.2. The van der Waals surface area contributed by atoms with Crippen LogP contribution in [0.1, 0.15) is 45.1 Å². The summed E-state index contributed by atoms with van der Waals surface area (Å²) in [7, 11) is 0. The lowest BCUT2D eigenvalue weighted by molar-refractivity contribution is 0.207. The van der Waals surface area contributed by atoms with E-state index >= 15 is 0 Å². The number of hydrogen-bond donors (Lipinski definition) is 1. The fourth-order valence-corrected chi connectivity index (χ4v) is 2.67. The average Bonchev–Trinajstić information content (AvgIpc) is 2.33. The molecule has 0 saturated heterocycles. The number of nitrogens with one attached hydrogen (secondary N) is 1. The van der Waals surface area contributed by atoms with Crippen molar-refractivity contribution in [2.45, 2.75) is 52.0 Å². The van der Waals surface area contributed by atoms with Crippen molar-refractivity contribution in [1.82, 2.24) is 5.32 Å². The highest BCUT2D eigenvalue weighted by Gasteiger charge is 2.26. The van der Waals surface area contributed by atoms with Gasteiger partial charge in [-0.2, -0.15) is 0 Å². The highest BCUT2D eigenvalue weighted by Crippen LogP contribution is 2.34. The van der Waals surface area contributed by atoms with Crippen LogP contribution in [-0.4, -0.2) is 12.6 Å². The first-order chi connectivity index (χ1) is 8.16. The number of hydrogen-bond acceptors (Lipinski definition) is 1. The predicted octanol–water partition coefficient (Wildman–Crippen LogP) is 3.79. The van der Waals surface area contributed by atoms with Gasteiger partial charge in [0, 0.05) is 6.04 Å². The minimum Gasteiger partial charge on any atom is -0.314 e. The fraction of sp³-hybridized carbons (Fsp3) is 0.625. The molecule has 0 spiro atoms. The maximum Gasteiger partial charge on any atom is 0.00675 e. The Morgan fingerprint density at radius 2 is 1.76 bits per heavy atom. The van der Waals surface area contributed by atoms with Crippen LogP contribution < -0.4 is 5.32 Å². The number of rotatable bonds is 4. The van der Waals surface area contributed by atoms with Crippen LogP contribution in [0.5, 0.6) is 0 Å². The van der Waals surface area contributed by atoms with E-state index in [9.17, 15) is 0 Å². The van der Waals surface area contributed by atoms with Gasteiger partial charge in [0.1, 0.15) is 0 Å². The molecule has 0 radical (unpaired) electrons. The first-order valence-corrected chi connectivity index (χ1v) is 6.93. The van der Waals surface area contributed by atoms with Gasteiger partial charge in [0.25, 0.3) is 0 Å². The lowest BCUT2D eigenvalue weighted by atomic mass is 9.75. The minimum atomic E-state index is 0.581. The second-order valence-corrected chi connectivity index (χ2v) is 6.13. The van der Waals surface area contributed by atoms with Gasteiger partial charge in [0.05, 0.1) is 0 Å². The Labute approximate surface area is 106 Å². The zero-order chi connectivity index (χ0) is 12.1. The Kier molecular flexibility index (Phi) is 4.22. The quantitative estimate of drug-likeness (QED) is 0.831. The summed E-state index contributed by atoms with van der Waals surface area (Å²) >= 11 is 0. The highest BCUT2D eigenvalue weighted by molar-refractivity contribution is 5.14.